The summed E-state index contributed by atoms with van der Waals surface area (Å²) in [6.45, 7) is 0. The van der Waals surface area contributed by atoms with Gasteiger partial charge in [0.15, 0.2) is 11.6 Å². The van der Waals surface area contributed by atoms with Crippen molar-refractivity contribution in [2.45, 2.75) is 0 Å². The Kier molecular flexibility index (Phi) is 2.25. The van der Waals surface area contributed by atoms with Crippen molar-refractivity contribution in [3.8, 4) is 0 Å². The zero-order valence-electron chi connectivity index (χ0n) is 7.88. The molecule has 0 saturated heterocycles. The predicted molar refractivity (Wildman–Crippen MR) is 55.0 cm³/mol. The van der Waals surface area contributed by atoms with Gasteiger partial charge in [-0.05, 0) is 23.8 Å². The molecule has 2 rings (SSSR count). The van der Waals surface area contributed by atoms with Crippen LogP contribution in [-0.2, 0) is 19.7 Å². The van der Waals surface area contributed by atoms with E-state index in [1.54, 1.807) is 0 Å². The van der Waals surface area contributed by atoms with Crippen molar-refractivity contribution < 1.29 is 22.6 Å². The average Bonchev–Trinajstić information content (AvgIpc) is 2.16. The highest BCUT2D eigenvalue weighted by molar-refractivity contribution is 7.90. The summed E-state index contributed by atoms with van der Waals surface area (Å²) in [6.07, 6.45) is 5.61. The van der Waals surface area contributed by atoms with Crippen molar-refractivity contribution >= 4 is 21.7 Å². The third kappa shape index (κ3) is 1.80. The van der Waals surface area contributed by atoms with E-state index in [0.717, 1.165) is 12.2 Å². The van der Waals surface area contributed by atoms with Gasteiger partial charge in [-0.1, -0.05) is 6.08 Å². The van der Waals surface area contributed by atoms with Gasteiger partial charge in [-0.3, -0.25) is 14.1 Å². The van der Waals surface area contributed by atoms with E-state index in [4.69, 9.17) is 4.55 Å². The molecule has 2 aliphatic rings. The van der Waals surface area contributed by atoms with E-state index in [0.29, 0.717) is 5.57 Å². The molecule has 0 heterocycles. The fraction of sp³-hybridized carbons (Fsp3) is 0. The van der Waals surface area contributed by atoms with E-state index < -0.39 is 26.6 Å². The smallest absolute Gasteiger partial charge is 0.290 e. The van der Waals surface area contributed by atoms with Gasteiger partial charge in [-0.2, -0.15) is 8.42 Å². The maximum Gasteiger partial charge on any atom is 0.295 e. The molecule has 1 N–H and O–H groups in total. The van der Waals surface area contributed by atoms with Gasteiger partial charge in [0, 0.05) is 11.6 Å². The summed E-state index contributed by atoms with van der Waals surface area (Å²) in [5.74, 6) is -0.935. The average molecular weight is 238 g/mol. The predicted octanol–water partition coefficient (Wildman–Crippen LogP) is 0.332. The van der Waals surface area contributed by atoms with Crippen LogP contribution in [0.1, 0.15) is 0 Å². The van der Waals surface area contributed by atoms with Crippen LogP contribution in [0.5, 0.6) is 0 Å². The second-order valence-corrected chi connectivity index (χ2v) is 4.67. The SMILES string of the molecule is O=C1C=CC2=CC(=O)C=C(S(=O)(=O)O)C2=C1. The summed E-state index contributed by atoms with van der Waals surface area (Å²) in [7, 11) is -4.51. The van der Waals surface area contributed by atoms with Gasteiger partial charge >= 0.3 is 0 Å². The fourth-order valence-corrected chi connectivity index (χ4v) is 2.21. The van der Waals surface area contributed by atoms with Crippen LogP contribution in [0.15, 0.2) is 46.4 Å². The van der Waals surface area contributed by atoms with Crippen LogP contribution in [0.25, 0.3) is 0 Å². The number of hydrogen-bond donors (Lipinski definition) is 1. The lowest BCUT2D eigenvalue weighted by Crippen LogP contribution is -2.15. The topological polar surface area (TPSA) is 88.5 Å². The van der Waals surface area contributed by atoms with Gasteiger partial charge < -0.3 is 0 Å². The van der Waals surface area contributed by atoms with Crippen LogP contribution in [-0.4, -0.2) is 24.5 Å². The molecule has 6 heteroatoms. The third-order valence-corrected chi connectivity index (χ3v) is 3.03. The summed E-state index contributed by atoms with van der Waals surface area (Å²) in [4.78, 5) is 21.7. The van der Waals surface area contributed by atoms with Crippen LogP contribution in [0, 0.1) is 0 Å². The van der Waals surface area contributed by atoms with Crippen molar-refractivity contribution in [2.75, 3.05) is 0 Å². The molecule has 0 aliphatic heterocycles. The molecule has 16 heavy (non-hydrogen) atoms. The minimum atomic E-state index is -4.51. The molecule has 0 saturated carbocycles. The van der Waals surface area contributed by atoms with Crippen molar-refractivity contribution in [2.24, 2.45) is 0 Å². The highest BCUT2D eigenvalue weighted by atomic mass is 32.2. The molecule has 2 aliphatic carbocycles. The molecule has 0 fully saturated rings. The van der Waals surface area contributed by atoms with E-state index in [-0.39, 0.29) is 5.57 Å². The highest BCUT2D eigenvalue weighted by Crippen LogP contribution is 2.30. The van der Waals surface area contributed by atoms with Crippen molar-refractivity contribution in [3.05, 3.63) is 46.4 Å². The zero-order valence-corrected chi connectivity index (χ0v) is 8.69. The largest absolute Gasteiger partial charge is 0.295 e. The molecule has 0 aromatic rings. The quantitative estimate of drug-likeness (QED) is 0.665. The normalized spacial score (nSPS) is 19.9. The summed E-state index contributed by atoms with van der Waals surface area (Å²) < 4.78 is 31.0. The van der Waals surface area contributed by atoms with E-state index >= 15 is 0 Å². The van der Waals surface area contributed by atoms with Crippen LogP contribution >= 0.6 is 0 Å². The summed E-state index contributed by atoms with van der Waals surface area (Å²) in [5.41, 5.74) is 0.356. The Morgan fingerprint density at radius 3 is 2.25 bits per heavy atom. The molecular formula is C10H6O5S. The second kappa shape index (κ2) is 3.36. The van der Waals surface area contributed by atoms with Gasteiger partial charge in [0.1, 0.15) is 4.91 Å². The Balaban J connectivity index is 2.65. The first-order valence-corrected chi connectivity index (χ1v) is 5.71. The molecule has 0 spiro atoms. The first-order valence-electron chi connectivity index (χ1n) is 4.27. The molecule has 0 unspecified atom stereocenters. The summed E-state index contributed by atoms with van der Waals surface area (Å²) >= 11 is 0. The molecule has 5 nitrogen and oxygen atoms in total. The minimum absolute atomic E-state index is 0.0506. The summed E-state index contributed by atoms with van der Waals surface area (Å²) in [6, 6.07) is 0. The zero-order chi connectivity index (χ0) is 11.9. The van der Waals surface area contributed by atoms with E-state index in [1.165, 1.54) is 18.2 Å². The van der Waals surface area contributed by atoms with Crippen molar-refractivity contribution in [3.63, 3.8) is 0 Å². The maximum absolute atomic E-state index is 11.2. The molecule has 0 atom stereocenters. The number of carbonyl (C=O) groups is 2. The van der Waals surface area contributed by atoms with E-state index in [1.807, 2.05) is 0 Å². The lowest BCUT2D eigenvalue weighted by Gasteiger charge is -2.16. The van der Waals surface area contributed by atoms with Crippen molar-refractivity contribution in [1.29, 1.82) is 0 Å². The Morgan fingerprint density at radius 2 is 1.62 bits per heavy atom. The van der Waals surface area contributed by atoms with E-state index in [2.05, 4.69) is 0 Å². The van der Waals surface area contributed by atoms with Crippen LogP contribution in [0.3, 0.4) is 0 Å². The summed E-state index contributed by atoms with van der Waals surface area (Å²) in [5, 5.41) is 0. The van der Waals surface area contributed by atoms with Gasteiger partial charge in [0.2, 0.25) is 0 Å². The lowest BCUT2D eigenvalue weighted by atomic mass is 9.93. The third-order valence-electron chi connectivity index (χ3n) is 2.14. The van der Waals surface area contributed by atoms with Gasteiger partial charge in [0.05, 0.1) is 0 Å². The standard InChI is InChI=1S/C10H6O5S/c11-7-2-1-6-3-8(12)5-10(9(6)4-7)16(13,14)15/h1-5H,(H,13,14,15). The molecule has 0 radical (unpaired) electrons. The van der Waals surface area contributed by atoms with E-state index in [9.17, 15) is 18.0 Å². The monoisotopic (exact) mass is 238 g/mol. The van der Waals surface area contributed by atoms with Crippen molar-refractivity contribution in [1.82, 2.24) is 0 Å². The number of ketones is 2. The first-order chi connectivity index (χ1) is 7.38. The molecule has 0 bridgehead atoms. The number of carbonyl (C=O) groups excluding carboxylic acids is 2. The maximum atomic E-state index is 11.2. The fourth-order valence-electron chi connectivity index (χ4n) is 1.49. The molecule has 0 amide bonds. The highest BCUT2D eigenvalue weighted by Gasteiger charge is 2.27. The van der Waals surface area contributed by atoms with Crippen LogP contribution < -0.4 is 0 Å². The number of rotatable bonds is 1. The number of fused-ring (bicyclic) bond motifs is 1. The second-order valence-electron chi connectivity index (χ2n) is 3.28. The Labute approximate surface area is 91.2 Å². The molecular weight excluding hydrogens is 232 g/mol. The first kappa shape index (κ1) is 10.7. The Morgan fingerprint density at radius 1 is 0.938 bits per heavy atom. The molecule has 0 aromatic carbocycles. The Hall–Kier alpha value is -1.79. The van der Waals surface area contributed by atoms with Gasteiger partial charge in [-0.25, -0.2) is 0 Å². The molecule has 82 valence electrons. The van der Waals surface area contributed by atoms with Crippen LogP contribution in [0.4, 0.5) is 0 Å². The van der Waals surface area contributed by atoms with Gasteiger partial charge in [-0.15, -0.1) is 0 Å². The van der Waals surface area contributed by atoms with Crippen LogP contribution in [0.2, 0.25) is 0 Å². The number of hydrogen-bond acceptors (Lipinski definition) is 4. The molecule has 0 aromatic heterocycles. The minimum Gasteiger partial charge on any atom is -0.290 e. The van der Waals surface area contributed by atoms with Gasteiger partial charge in [0.25, 0.3) is 10.1 Å². The Bertz CT molecular complexity index is 614. The number of allylic oxidation sites excluding steroid dienone is 7. The lowest BCUT2D eigenvalue weighted by molar-refractivity contribution is -0.111.